The van der Waals surface area contributed by atoms with Gasteiger partial charge in [-0.1, -0.05) is 40.2 Å². The van der Waals surface area contributed by atoms with Crippen LogP contribution >= 0.6 is 15.9 Å². The molecule has 0 saturated carbocycles. The third kappa shape index (κ3) is 2.63. The maximum absolute atomic E-state index is 4.59. The summed E-state index contributed by atoms with van der Waals surface area (Å²) in [5.41, 5.74) is 3.33. The lowest BCUT2D eigenvalue weighted by molar-refractivity contribution is 0.885. The van der Waals surface area contributed by atoms with Gasteiger partial charge in [-0.2, -0.15) is 0 Å². The van der Waals surface area contributed by atoms with Gasteiger partial charge in [0.25, 0.3) is 0 Å². The number of nitrogens with one attached hydrogen (secondary N) is 1. The van der Waals surface area contributed by atoms with Crippen molar-refractivity contribution in [2.75, 3.05) is 11.9 Å². The van der Waals surface area contributed by atoms with E-state index in [9.17, 15) is 0 Å². The fraction of sp³-hybridized carbons (Fsp3) is 0.133. The van der Waals surface area contributed by atoms with Crippen molar-refractivity contribution < 1.29 is 0 Å². The number of rotatable bonds is 3. The summed E-state index contributed by atoms with van der Waals surface area (Å²) in [5, 5.41) is 0. The molecule has 0 fully saturated rings. The van der Waals surface area contributed by atoms with Crippen molar-refractivity contribution in [1.82, 2.24) is 9.97 Å². The smallest absolute Gasteiger partial charge is 0.203 e. The molecule has 0 atom stereocenters. The van der Waals surface area contributed by atoms with Crippen molar-refractivity contribution in [2.45, 2.75) is 6.54 Å². The van der Waals surface area contributed by atoms with Crippen LogP contribution in [-0.4, -0.2) is 17.0 Å². The van der Waals surface area contributed by atoms with Crippen LogP contribution in [0.3, 0.4) is 0 Å². The monoisotopic (exact) mass is 315 g/mol. The summed E-state index contributed by atoms with van der Waals surface area (Å²) in [6.07, 6.45) is 0. The number of hydrogen-bond donors (Lipinski definition) is 1. The number of H-pyrrole nitrogens is 1. The average Bonchev–Trinajstić information content (AvgIpc) is 2.85. The number of imidazole rings is 1. The van der Waals surface area contributed by atoms with Crippen LogP contribution in [0.25, 0.3) is 11.0 Å². The highest BCUT2D eigenvalue weighted by molar-refractivity contribution is 9.10. The molecule has 0 amide bonds. The predicted molar refractivity (Wildman–Crippen MR) is 82.3 cm³/mol. The Kier molecular flexibility index (Phi) is 3.25. The fourth-order valence-corrected chi connectivity index (χ4v) is 2.32. The molecule has 0 aliphatic carbocycles. The summed E-state index contributed by atoms with van der Waals surface area (Å²) < 4.78 is 1.10. The minimum Gasteiger partial charge on any atom is -0.341 e. The number of benzene rings is 2. The van der Waals surface area contributed by atoms with Crippen molar-refractivity contribution in [3.63, 3.8) is 0 Å². The number of aromatic nitrogens is 2. The number of nitrogens with zero attached hydrogens (tertiary/aromatic N) is 2. The van der Waals surface area contributed by atoms with E-state index >= 15 is 0 Å². The Morgan fingerprint density at radius 2 is 1.84 bits per heavy atom. The number of fused-ring (bicyclic) bond motifs is 1. The summed E-state index contributed by atoms with van der Waals surface area (Å²) >= 11 is 3.45. The summed E-state index contributed by atoms with van der Waals surface area (Å²) in [4.78, 5) is 10.0. The van der Waals surface area contributed by atoms with Crippen LogP contribution < -0.4 is 4.90 Å². The van der Waals surface area contributed by atoms with Gasteiger partial charge in [0.05, 0.1) is 11.0 Å². The molecule has 2 aromatic carbocycles. The van der Waals surface area contributed by atoms with Crippen LogP contribution in [0.2, 0.25) is 0 Å². The van der Waals surface area contributed by atoms with Gasteiger partial charge in [-0.15, -0.1) is 0 Å². The minimum atomic E-state index is 0.826. The van der Waals surface area contributed by atoms with Crippen LogP contribution in [0.5, 0.6) is 0 Å². The van der Waals surface area contributed by atoms with E-state index in [4.69, 9.17) is 0 Å². The lowest BCUT2D eigenvalue weighted by atomic mass is 10.2. The molecule has 0 unspecified atom stereocenters. The zero-order valence-corrected chi connectivity index (χ0v) is 12.2. The molecule has 3 rings (SSSR count). The van der Waals surface area contributed by atoms with Crippen LogP contribution in [-0.2, 0) is 6.54 Å². The molecule has 96 valence electrons. The Morgan fingerprint density at radius 1 is 1.11 bits per heavy atom. The molecule has 0 saturated heterocycles. The first kappa shape index (κ1) is 12.2. The van der Waals surface area contributed by atoms with E-state index in [1.807, 2.05) is 31.3 Å². The Morgan fingerprint density at radius 3 is 2.58 bits per heavy atom. The number of aromatic amines is 1. The first-order valence-electron chi connectivity index (χ1n) is 6.13. The fourth-order valence-electron chi connectivity index (χ4n) is 2.06. The molecule has 0 aliphatic heterocycles. The predicted octanol–water partition coefficient (Wildman–Crippen LogP) is 3.96. The largest absolute Gasteiger partial charge is 0.341 e. The van der Waals surface area contributed by atoms with Crippen molar-refractivity contribution in [1.29, 1.82) is 0 Å². The maximum Gasteiger partial charge on any atom is 0.203 e. The second-order valence-corrected chi connectivity index (χ2v) is 5.48. The molecule has 0 bridgehead atoms. The minimum absolute atomic E-state index is 0.826. The van der Waals surface area contributed by atoms with E-state index in [2.05, 4.69) is 55.1 Å². The van der Waals surface area contributed by atoms with E-state index in [0.717, 1.165) is 28.0 Å². The van der Waals surface area contributed by atoms with Gasteiger partial charge in [-0.25, -0.2) is 4.98 Å². The second kappa shape index (κ2) is 5.05. The Hall–Kier alpha value is -1.81. The molecule has 0 radical (unpaired) electrons. The molecule has 3 aromatic rings. The SMILES string of the molecule is CN(Cc1ccc(Br)cc1)c1nc2ccccc2[nH]1. The first-order valence-corrected chi connectivity index (χ1v) is 6.92. The van der Waals surface area contributed by atoms with Gasteiger partial charge in [0.1, 0.15) is 0 Å². The summed E-state index contributed by atoms with van der Waals surface area (Å²) in [6, 6.07) is 16.4. The molecule has 0 aliphatic rings. The molecule has 4 heteroatoms. The molecular formula is C15H14BrN3. The Balaban J connectivity index is 1.83. The first-order chi connectivity index (χ1) is 9.22. The topological polar surface area (TPSA) is 31.9 Å². The molecule has 1 aromatic heterocycles. The van der Waals surface area contributed by atoms with E-state index in [1.54, 1.807) is 0 Å². The molecule has 3 nitrogen and oxygen atoms in total. The average molecular weight is 316 g/mol. The molecular weight excluding hydrogens is 302 g/mol. The Labute approximate surface area is 120 Å². The standard InChI is InChI=1S/C15H14BrN3/c1-19(10-11-6-8-12(16)9-7-11)15-17-13-4-2-3-5-14(13)18-15/h2-9H,10H2,1H3,(H,17,18). The summed E-state index contributed by atoms with van der Waals surface area (Å²) in [7, 11) is 2.04. The van der Waals surface area contributed by atoms with Gasteiger partial charge in [-0.3, -0.25) is 0 Å². The molecule has 1 N–H and O–H groups in total. The van der Waals surface area contributed by atoms with E-state index < -0.39 is 0 Å². The maximum atomic E-state index is 4.59. The van der Waals surface area contributed by atoms with Gasteiger partial charge in [0, 0.05) is 18.1 Å². The van der Waals surface area contributed by atoms with Gasteiger partial charge in [0.15, 0.2) is 0 Å². The van der Waals surface area contributed by atoms with Crippen molar-refractivity contribution >= 4 is 32.9 Å². The van der Waals surface area contributed by atoms with Crippen LogP contribution in [0.1, 0.15) is 5.56 Å². The van der Waals surface area contributed by atoms with Gasteiger partial charge >= 0.3 is 0 Å². The highest BCUT2D eigenvalue weighted by atomic mass is 79.9. The number of anilines is 1. The quantitative estimate of drug-likeness (QED) is 0.793. The molecule has 19 heavy (non-hydrogen) atoms. The number of para-hydroxylation sites is 2. The zero-order chi connectivity index (χ0) is 13.2. The van der Waals surface area contributed by atoms with E-state index in [0.29, 0.717) is 0 Å². The summed E-state index contributed by atoms with van der Waals surface area (Å²) in [5.74, 6) is 0.893. The molecule has 1 heterocycles. The van der Waals surface area contributed by atoms with Crippen molar-refractivity contribution in [3.8, 4) is 0 Å². The second-order valence-electron chi connectivity index (χ2n) is 4.56. The lowest BCUT2D eigenvalue weighted by Gasteiger charge is -2.15. The zero-order valence-electron chi connectivity index (χ0n) is 10.6. The van der Waals surface area contributed by atoms with E-state index in [-0.39, 0.29) is 0 Å². The van der Waals surface area contributed by atoms with Gasteiger partial charge < -0.3 is 9.88 Å². The van der Waals surface area contributed by atoms with Crippen LogP contribution in [0.4, 0.5) is 5.95 Å². The van der Waals surface area contributed by atoms with Crippen LogP contribution in [0.15, 0.2) is 53.0 Å². The third-order valence-corrected chi connectivity index (χ3v) is 3.60. The van der Waals surface area contributed by atoms with Gasteiger partial charge in [0.2, 0.25) is 5.95 Å². The summed E-state index contributed by atoms with van der Waals surface area (Å²) in [6.45, 7) is 0.826. The normalized spacial score (nSPS) is 10.8. The highest BCUT2D eigenvalue weighted by Gasteiger charge is 2.07. The lowest BCUT2D eigenvalue weighted by Crippen LogP contribution is -2.17. The van der Waals surface area contributed by atoms with Crippen molar-refractivity contribution in [2.24, 2.45) is 0 Å². The third-order valence-electron chi connectivity index (χ3n) is 3.07. The van der Waals surface area contributed by atoms with E-state index in [1.165, 1.54) is 5.56 Å². The van der Waals surface area contributed by atoms with Gasteiger partial charge in [-0.05, 0) is 29.8 Å². The van der Waals surface area contributed by atoms with Crippen LogP contribution in [0, 0.1) is 0 Å². The highest BCUT2D eigenvalue weighted by Crippen LogP contribution is 2.18. The van der Waals surface area contributed by atoms with Crippen molar-refractivity contribution in [3.05, 3.63) is 58.6 Å². The Bertz CT molecular complexity index is 655. The molecule has 0 spiro atoms. The number of hydrogen-bond acceptors (Lipinski definition) is 2. The number of halogens is 1.